The van der Waals surface area contributed by atoms with E-state index in [0.717, 1.165) is 0 Å². The number of carbonyl (C=O) groups is 1. The van der Waals surface area contributed by atoms with Gasteiger partial charge in [0.2, 0.25) is 0 Å². The maximum absolute atomic E-state index is 11.1. The first-order valence-corrected chi connectivity index (χ1v) is 5.66. The molecule has 1 fully saturated rings. The van der Waals surface area contributed by atoms with Crippen LogP contribution in [0.4, 0.5) is 5.69 Å². The number of morpholine rings is 1. The van der Waals surface area contributed by atoms with Gasteiger partial charge in [0.1, 0.15) is 0 Å². The highest BCUT2D eigenvalue weighted by atomic mass is 16.5. The fraction of sp³-hybridized carbons (Fsp3) is 0.500. The molecule has 1 aromatic rings. The van der Waals surface area contributed by atoms with Gasteiger partial charge in [-0.1, -0.05) is 0 Å². The zero-order chi connectivity index (χ0) is 12.4. The predicted molar refractivity (Wildman–Crippen MR) is 63.4 cm³/mol. The van der Waals surface area contributed by atoms with Crippen molar-refractivity contribution >= 4 is 11.7 Å². The van der Waals surface area contributed by atoms with Gasteiger partial charge in [-0.25, -0.2) is 9.78 Å². The van der Waals surface area contributed by atoms with Gasteiger partial charge in [-0.05, 0) is 26.0 Å². The third-order valence-electron chi connectivity index (χ3n) is 2.75. The van der Waals surface area contributed by atoms with Crippen LogP contribution in [0, 0.1) is 0 Å². The van der Waals surface area contributed by atoms with Gasteiger partial charge in [0, 0.05) is 19.3 Å². The third-order valence-corrected chi connectivity index (χ3v) is 2.75. The SMILES string of the molecule is CC1CN(c2cccnc2C(=O)O)CC(C)O1. The number of pyridine rings is 1. The summed E-state index contributed by atoms with van der Waals surface area (Å²) in [7, 11) is 0. The van der Waals surface area contributed by atoms with E-state index in [1.54, 1.807) is 12.1 Å². The second kappa shape index (κ2) is 4.71. The highest BCUT2D eigenvalue weighted by molar-refractivity contribution is 5.92. The van der Waals surface area contributed by atoms with Gasteiger partial charge >= 0.3 is 5.97 Å². The van der Waals surface area contributed by atoms with Crippen molar-refractivity contribution in [3.63, 3.8) is 0 Å². The lowest BCUT2D eigenvalue weighted by atomic mass is 10.2. The molecule has 0 radical (unpaired) electrons. The van der Waals surface area contributed by atoms with Crippen LogP contribution in [0.2, 0.25) is 0 Å². The number of anilines is 1. The molecule has 0 aliphatic carbocycles. The largest absolute Gasteiger partial charge is 0.476 e. The van der Waals surface area contributed by atoms with Crippen molar-refractivity contribution in [3.05, 3.63) is 24.0 Å². The van der Waals surface area contributed by atoms with Crippen LogP contribution in [-0.4, -0.2) is 41.4 Å². The first kappa shape index (κ1) is 11.9. The summed E-state index contributed by atoms with van der Waals surface area (Å²) in [5, 5.41) is 9.11. The van der Waals surface area contributed by atoms with E-state index in [9.17, 15) is 4.79 Å². The molecule has 2 unspecified atom stereocenters. The van der Waals surface area contributed by atoms with E-state index in [2.05, 4.69) is 4.98 Å². The summed E-state index contributed by atoms with van der Waals surface area (Å²) in [5.41, 5.74) is 0.774. The average molecular weight is 236 g/mol. The summed E-state index contributed by atoms with van der Waals surface area (Å²) in [5.74, 6) is -0.993. The number of carboxylic acids is 1. The van der Waals surface area contributed by atoms with Crippen molar-refractivity contribution in [2.75, 3.05) is 18.0 Å². The van der Waals surface area contributed by atoms with Gasteiger partial charge in [-0.15, -0.1) is 0 Å². The van der Waals surface area contributed by atoms with Crippen LogP contribution < -0.4 is 4.90 Å². The highest BCUT2D eigenvalue weighted by Crippen LogP contribution is 2.22. The molecule has 0 spiro atoms. The van der Waals surface area contributed by atoms with Gasteiger partial charge in [-0.2, -0.15) is 0 Å². The van der Waals surface area contributed by atoms with Crippen LogP contribution in [0.15, 0.2) is 18.3 Å². The Balaban J connectivity index is 2.30. The average Bonchev–Trinajstić information content (AvgIpc) is 2.27. The molecule has 17 heavy (non-hydrogen) atoms. The van der Waals surface area contributed by atoms with Crippen LogP contribution in [0.5, 0.6) is 0 Å². The second-order valence-electron chi connectivity index (χ2n) is 4.34. The molecule has 0 bridgehead atoms. The number of aromatic carboxylic acids is 1. The molecule has 1 saturated heterocycles. The van der Waals surface area contributed by atoms with Crippen LogP contribution in [-0.2, 0) is 4.74 Å². The van der Waals surface area contributed by atoms with E-state index in [0.29, 0.717) is 18.8 Å². The molecule has 0 saturated carbocycles. The molecule has 1 aliphatic heterocycles. The summed E-state index contributed by atoms with van der Waals surface area (Å²) in [4.78, 5) is 17.1. The van der Waals surface area contributed by atoms with Crippen molar-refractivity contribution in [1.29, 1.82) is 0 Å². The quantitative estimate of drug-likeness (QED) is 0.840. The molecule has 92 valence electrons. The Hall–Kier alpha value is -1.62. The maximum atomic E-state index is 11.1. The van der Waals surface area contributed by atoms with E-state index >= 15 is 0 Å². The van der Waals surface area contributed by atoms with Crippen molar-refractivity contribution in [3.8, 4) is 0 Å². The van der Waals surface area contributed by atoms with Crippen molar-refractivity contribution in [1.82, 2.24) is 4.98 Å². The molecular formula is C12H16N2O3. The topological polar surface area (TPSA) is 62.7 Å². The molecule has 5 nitrogen and oxygen atoms in total. The van der Waals surface area contributed by atoms with Crippen molar-refractivity contribution in [2.45, 2.75) is 26.1 Å². The number of hydrogen-bond acceptors (Lipinski definition) is 4. The smallest absolute Gasteiger partial charge is 0.356 e. The van der Waals surface area contributed by atoms with Gasteiger partial charge in [0.15, 0.2) is 5.69 Å². The first-order chi connectivity index (χ1) is 8.08. The first-order valence-electron chi connectivity index (χ1n) is 5.66. The molecule has 1 aromatic heterocycles. The fourth-order valence-electron chi connectivity index (χ4n) is 2.19. The summed E-state index contributed by atoms with van der Waals surface area (Å²) < 4.78 is 5.63. The zero-order valence-corrected chi connectivity index (χ0v) is 9.96. The summed E-state index contributed by atoms with van der Waals surface area (Å²) in [6.07, 6.45) is 1.70. The predicted octanol–water partition coefficient (Wildman–Crippen LogP) is 1.39. The van der Waals surface area contributed by atoms with E-state index in [1.807, 2.05) is 18.7 Å². The molecule has 2 rings (SSSR count). The molecule has 2 atom stereocenters. The normalized spacial score (nSPS) is 24.7. The van der Waals surface area contributed by atoms with Crippen LogP contribution in [0.25, 0.3) is 0 Å². The maximum Gasteiger partial charge on any atom is 0.356 e. The van der Waals surface area contributed by atoms with Crippen LogP contribution >= 0.6 is 0 Å². The number of hydrogen-bond donors (Lipinski definition) is 1. The molecule has 0 aromatic carbocycles. The molecule has 1 N–H and O–H groups in total. The van der Waals surface area contributed by atoms with E-state index in [1.165, 1.54) is 6.20 Å². The Bertz CT molecular complexity index is 412. The van der Waals surface area contributed by atoms with E-state index in [4.69, 9.17) is 9.84 Å². The number of ether oxygens (including phenoxy) is 1. The minimum absolute atomic E-state index is 0.0978. The minimum atomic E-state index is -0.993. The van der Waals surface area contributed by atoms with Crippen molar-refractivity contribution in [2.24, 2.45) is 0 Å². The Labute approximate surface area is 100 Å². The molecule has 2 heterocycles. The Morgan fingerprint density at radius 3 is 2.71 bits per heavy atom. The molecule has 5 heteroatoms. The van der Waals surface area contributed by atoms with Crippen LogP contribution in [0.1, 0.15) is 24.3 Å². The standard InChI is InChI=1S/C12H16N2O3/c1-8-6-14(7-9(2)17-8)10-4-3-5-13-11(10)12(15)16/h3-5,8-9H,6-7H2,1-2H3,(H,15,16). The monoisotopic (exact) mass is 236 g/mol. The lowest BCUT2D eigenvalue weighted by Gasteiger charge is -2.37. The van der Waals surface area contributed by atoms with Gasteiger partial charge in [0.05, 0.1) is 17.9 Å². The number of rotatable bonds is 2. The van der Waals surface area contributed by atoms with Gasteiger partial charge in [-0.3, -0.25) is 0 Å². The number of carboxylic acid groups (broad SMARTS) is 1. The van der Waals surface area contributed by atoms with E-state index in [-0.39, 0.29) is 17.9 Å². The summed E-state index contributed by atoms with van der Waals surface area (Å²) in [6.45, 7) is 5.35. The lowest BCUT2D eigenvalue weighted by Crippen LogP contribution is -2.46. The number of nitrogens with zero attached hydrogens (tertiary/aromatic N) is 2. The second-order valence-corrected chi connectivity index (χ2v) is 4.34. The Morgan fingerprint density at radius 2 is 2.12 bits per heavy atom. The fourth-order valence-corrected chi connectivity index (χ4v) is 2.19. The highest BCUT2D eigenvalue weighted by Gasteiger charge is 2.25. The van der Waals surface area contributed by atoms with Crippen LogP contribution in [0.3, 0.4) is 0 Å². The summed E-state index contributed by atoms with van der Waals surface area (Å²) >= 11 is 0. The third kappa shape index (κ3) is 2.55. The van der Waals surface area contributed by atoms with Gasteiger partial charge in [0.25, 0.3) is 0 Å². The lowest BCUT2D eigenvalue weighted by molar-refractivity contribution is -0.00534. The zero-order valence-electron chi connectivity index (χ0n) is 9.96. The minimum Gasteiger partial charge on any atom is -0.476 e. The van der Waals surface area contributed by atoms with Crippen molar-refractivity contribution < 1.29 is 14.6 Å². The Morgan fingerprint density at radius 1 is 1.47 bits per heavy atom. The summed E-state index contributed by atoms with van der Waals surface area (Å²) in [6, 6.07) is 3.55. The number of aromatic nitrogens is 1. The molecule has 0 amide bonds. The molecular weight excluding hydrogens is 220 g/mol. The van der Waals surface area contributed by atoms with Gasteiger partial charge < -0.3 is 14.7 Å². The Kier molecular flexibility index (Phi) is 3.28. The van der Waals surface area contributed by atoms with E-state index < -0.39 is 5.97 Å². The molecule has 1 aliphatic rings.